The fraction of sp³-hybridized carbons (Fsp3) is 1.00. The monoisotopic (exact) mass is 152 g/mol. The van der Waals surface area contributed by atoms with E-state index in [2.05, 4.69) is 5.32 Å². The van der Waals surface area contributed by atoms with E-state index in [9.17, 15) is 0 Å². The second-order valence-electron chi connectivity index (χ2n) is 1.28. The van der Waals surface area contributed by atoms with E-state index < -0.39 is 0 Å². The molecular formula is C4H12N2O4. The van der Waals surface area contributed by atoms with Crippen molar-refractivity contribution in [1.82, 2.24) is 5.32 Å². The maximum absolute atomic E-state index is 8.15. The first-order chi connectivity index (χ1) is 4.83. The number of rotatable bonds is 4. The van der Waals surface area contributed by atoms with E-state index in [0.717, 1.165) is 0 Å². The fourth-order valence-electron chi connectivity index (χ4n) is 0.283. The average Bonchev–Trinajstić information content (AvgIpc) is 1.91. The Kier molecular flexibility index (Phi) is 18.9. The molecule has 0 saturated carbocycles. The molecule has 0 rings (SSSR count). The van der Waals surface area contributed by atoms with Gasteiger partial charge in [0.25, 0.3) is 0 Å². The Labute approximate surface area is 58.4 Å². The Bertz CT molecular complexity index is 57.2. The van der Waals surface area contributed by atoms with Crippen molar-refractivity contribution in [3.63, 3.8) is 0 Å². The van der Waals surface area contributed by atoms with Gasteiger partial charge in [-0.15, -0.1) is 4.91 Å². The van der Waals surface area contributed by atoms with Gasteiger partial charge in [0.05, 0.1) is 13.2 Å². The van der Waals surface area contributed by atoms with E-state index in [1.807, 2.05) is 0 Å². The van der Waals surface area contributed by atoms with Crippen molar-refractivity contribution in [1.29, 1.82) is 0 Å². The zero-order chi connectivity index (χ0) is 8.24. The molecule has 10 heavy (non-hydrogen) atoms. The lowest BCUT2D eigenvalue weighted by atomic mass is 10.6. The largest absolute Gasteiger partial charge is 0.395 e. The Hall–Kier alpha value is -0.720. The van der Waals surface area contributed by atoms with Crippen LogP contribution in [0.3, 0.4) is 0 Å². The van der Waals surface area contributed by atoms with Gasteiger partial charge in [-0.25, -0.2) is 0 Å². The van der Waals surface area contributed by atoms with Gasteiger partial charge in [0.2, 0.25) is 0 Å². The number of hydrogen-bond donors (Lipinski definition) is 4. The number of hydrogen-bond acceptors (Lipinski definition) is 5. The molecule has 0 aromatic rings. The Morgan fingerprint density at radius 2 is 1.50 bits per heavy atom. The van der Waals surface area contributed by atoms with Crippen LogP contribution in [0, 0.1) is 4.91 Å². The molecule has 0 heterocycles. The summed E-state index contributed by atoms with van der Waals surface area (Å²) < 4.78 is 0. The molecule has 0 spiro atoms. The van der Waals surface area contributed by atoms with Crippen LogP contribution in [0.15, 0.2) is 5.34 Å². The summed E-state index contributed by atoms with van der Waals surface area (Å²) in [4.78, 5) is 8.11. The molecular weight excluding hydrogens is 140 g/mol. The molecule has 6 nitrogen and oxygen atoms in total. The zero-order valence-electron chi connectivity index (χ0n) is 5.53. The standard InChI is InChI=1S/C4H11NO2.HNO2/c6-3-1-5-2-4-7;2-1-3/h5-7H,1-4H2;(H,2,3). The molecule has 0 aliphatic heterocycles. The molecule has 0 saturated heterocycles. The minimum Gasteiger partial charge on any atom is -0.395 e. The van der Waals surface area contributed by atoms with E-state index in [0.29, 0.717) is 13.1 Å². The highest BCUT2D eigenvalue weighted by atomic mass is 16.6. The summed E-state index contributed by atoms with van der Waals surface area (Å²) in [7, 11) is 0. The minimum absolute atomic E-state index is 0.139. The molecule has 0 unspecified atom stereocenters. The summed E-state index contributed by atoms with van der Waals surface area (Å²) in [5, 5.41) is 27.0. The zero-order valence-corrected chi connectivity index (χ0v) is 5.53. The summed E-state index contributed by atoms with van der Waals surface area (Å²) in [6, 6.07) is 0. The van der Waals surface area contributed by atoms with E-state index in [-0.39, 0.29) is 13.2 Å². The minimum atomic E-state index is 0.139. The van der Waals surface area contributed by atoms with Crippen molar-refractivity contribution in [2.45, 2.75) is 0 Å². The van der Waals surface area contributed by atoms with Crippen molar-refractivity contribution in [3.05, 3.63) is 4.91 Å². The molecule has 0 aliphatic carbocycles. The lowest BCUT2D eigenvalue weighted by Gasteiger charge is -1.94. The van der Waals surface area contributed by atoms with Gasteiger partial charge in [0.15, 0.2) is 5.34 Å². The van der Waals surface area contributed by atoms with Crippen molar-refractivity contribution in [2.24, 2.45) is 5.34 Å². The summed E-state index contributed by atoms with van der Waals surface area (Å²) in [5.74, 6) is 0. The lowest BCUT2D eigenvalue weighted by molar-refractivity contribution is 0.266. The van der Waals surface area contributed by atoms with Gasteiger partial charge in [0, 0.05) is 13.1 Å². The maximum atomic E-state index is 8.15. The molecule has 0 atom stereocenters. The van der Waals surface area contributed by atoms with E-state index in [1.165, 1.54) is 5.34 Å². The molecule has 0 amide bonds. The smallest absolute Gasteiger partial charge is 0.152 e. The summed E-state index contributed by atoms with van der Waals surface area (Å²) >= 11 is 0. The molecule has 0 fully saturated rings. The third-order valence-corrected chi connectivity index (χ3v) is 0.577. The topological polar surface area (TPSA) is 102 Å². The number of nitrogens with zero attached hydrogens (tertiary/aromatic N) is 1. The lowest BCUT2D eigenvalue weighted by Crippen LogP contribution is -2.21. The Morgan fingerprint density at radius 3 is 1.70 bits per heavy atom. The van der Waals surface area contributed by atoms with E-state index >= 15 is 0 Å². The van der Waals surface area contributed by atoms with Crippen LogP contribution < -0.4 is 5.32 Å². The molecule has 0 radical (unpaired) electrons. The molecule has 0 aromatic heterocycles. The summed E-state index contributed by atoms with van der Waals surface area (Å²) in [5.41, 5.74) is 0. The maximum Gasteiger partial charge on any atom is 0.152 e. The van der Waals surface area contributed by atoms with Crippen molar-refractivity contribution in [2.75, 3.05) is 26.3 Å². The second kappa shape index (κ2) is 15.7. The number of aliphatic hydroxyl groups excluding tert-OH is 2. The molecule has 0 aliphatic rings. The fourth-order valence-corrected chi connectivity index (χ4v) is 0.283. The summed E-state index contributed by atoms with van der Waals surface area (Å²) in [6.07, 6.45) is 0. The summed E-state index contributed by atoms with van der Waals surface area (Å²) in [6.45, 7) is 1.42. The van der Waals surface area contributed by atoms with Crippen LogP contribution in [0.2, 0.25) is 0 Å². The molecule has 0 aromatic carbocycles. The quantitative estimate of drug-likeness (QED) is 0.228. The Morgan fingerprint density at radius 1 is 1.20 bits per heavy atom. The Balaban J connectivity index is 0. The van der Waals surface area contributed by atoms with Crippen molar-refractivity contribution < 1.29 is 15.4 Å². The van der Waals surface area contributed by atoms with Gasteiger partial charge in [-0.1, -0.05) is 0 Å². The van der Waals surface area contributed by atoms with Crippen molar-refractivity contribution in [3.8, 4) is 0 Å². The molecule has 4 N–H and O–H groups in total. The first-order valence-electron chi connectivity index (χ1n) is 2.72. The second-order valence-corrected chi connectivity index (χ2v) is 1.28. The van der Waals surface area contributed by atoms with Crippen molar-refractivity contribution >= 4 is 0 Å². The van der Waals surface area contributed by atoms with Gasteiger partial charge in [-0.05, 0) is 0 Å². The normalized spacial score (nSPS) is 7.80. The highest BCUT2D eigenvalue weighted by Crippen LogP contribution is 1.54. The van der Waals surface area contributed by atoms with Crippen LogP contribution in [0.5, 0.6) is 0 Å². The van der Waals surface area contributed by atoms with Gasteiger partial charge in [-0.3, -0.25) is 0 Å². The predicted molar refractivity (Wildman–Crippen MR) is 34.6 cm³/mol. The van der Waals surface area contributed by atoms with Crippen LogP contribution in [0.4, 0.5) is 0 Å². The predicted octanol–water partition coefficient (Wildman–Crippen LogP) is -1.30. The van der Waals surface area contributed by atoms with Crippen LogP contribution in [-0.2, 0) is 0 Å². The number of nitrogens with one attached hydrogen (secondary N) is 1. The van der Waals surface area contributed by atoms with E-state index in [1.54, 1.807) is 0 Å². The molecule has 6 heteroatoms. The van der Waals surface area contributed by atoms with Crippen LogP contribution in [-0.4, -0.2) is 41.7 Å². The highest BCUT2D eigenvalue weighted by molar-refractivity contribution is 4.39. The van der Waals surface area contributed by atoms with Gasteiger partial charge in [-0.2, -0.15) is 0 Å². The third kappa shape index (κ3) is 26.7. The van der Waals surface area contributed by atoms with Gasteiger partial charge >= 0.3 is 0 Å². The first-order valence-corrected chi connectivity index (χ1v) is 2.72. The third-order valence-electron chi connectivity index (χ3n) is 0.577. The average molecular weight is 152 g/mol. The SMILES string of the molecule is O=NO.OCCNCCO. The van der Waals surface area contributed by atoms with E-state index in [4.69, 9.17) is 20.3 Å². The van der Waals surface area contributed by atoms with Crippen LogP contribution in [0.25, 0.3) is 0 Å². The van der Waals surface area contributed by atoms with Gasteiger partial charge in [0.1, 0.15) is 0 Å². The van der Waals surface area contributed by atoms with Gasteiger partial charge < -0.3 is 20.7 Å². The number of aliphatic hydroxyl groups is 2. The molecule has 62 valence electrons. The first kappa shape index (κ1) is 12.0. The highest BCUT2D eigenvalue weighted by Gasteiger charge is 1.78. The van der Waals surface area contributed by atoms with Crippen LogP contribution >= 0.6 is 0 Å². The molecule has 0 bridgehead atoms. The van der Waals surface area contributed by atoms with Crippen LogP contribution in [0.1, 0.15) is 0 Å².